The smallest absolute Gasteiger partial charge is 0.297 e. The SMILES string of the molecule is CCC(=O)C(C)n1c(=O)n(CC)c2ccccc21. The topological polar surface area (TPSA) is 44.0 Å². The van der Waals surface area contributed by atoms with E-state index < -0.39 is 6.04 Å². The van der Waals surface area contributed by atoms with Crippen molar-refractivity contribution in [3.8, 4) is 0 Å². The highest BCUT2D eigenvalue weighted by Gasteiger charge is 2.20. The molecule has 0 saturated heterocycles. The van der Waals surface area contributed by atoms with Crippen LogP contribution in [0.15, 0.2) is 29.1 Å². The first-order valence-electron chi connectivity index (χ1n) is 6.34. The van der Waals surface area contributed by atoms with E-state index in [1.54, 1.807) is 16.1 Å². The summed E-state index contributed by atoms with van der Waals surface area (Å²) in [5.74, 6) is 0.0797. The van der Waals surface area contributed by atoms with Gasteiger partial charge in [0.2, 0.25) is 0 Å². The molecular weight excluding hydrogens is 228 g/mol. The Morgan fingerprint density at radius 1 is 1.22 bits per heavy atom. The van der Waals surface area contributed by atoms with Crippen LogP contribution < -0.4 is 5.69 Å². The molecule has 0 radical (unpaired) electrons. The lowest BCUT2D eigenvalue weighted by Gasteiger charge is -2.10. The molecule has 1 atom stereocenters. The monoisotopic (exact) mass is 246 g/mol. The third-order valence-corrected chi connectivity index (χ3v) is 3.39. The average Bonchev–Trinajstić information content (AvgIpc) is 2.68. The molecule has 0 N–H and O–H groups in total. The summed E-state index contributed by atoms with van der Waals surface area (Å²) in [6, 6.07) is 7.20. The minimum atomic E-state index is -0.403. The summed E-state index contributed by atoms with van der Waals surface area (Å²) in [7, 11) is 0. The van der Waals surface area contributed by atoms with E-state index in [0.29, 0.717) is 13.0 Å². The molecule has 4 nitrogen and oxygen atoms in total. The predicted octanol–water partition coefficient (Wildman–Crippen LogP) is 2.36. The lowest BCUT2D eigenvalue weighted by Crippen LogP contribution is -2.29. The van der Waals surface area contributed by atoms with Crippen LogP contribution in [0.4, 0.5) is 0 Å². The van der Waals surface area contributed by atoms with Gasteiger partial charge in [0.1, 0.15) is 0 Å². The van der Waals surface area contributed by atoms with Crippen LogP contribution in [0.1, 0.15) is 33.2 Å². The minimum Gasteiger partial charge on any atom is -0.297 e. The Kier molecular flexibility index (Phi) is 3.36. The van der Waals surface area contributed by atoms with Crippen LogP contribution in [0, 0.1) is 0 Å². The summed E-state index contributed by atoms with van der Waals surface area (Å²) in [6.45, 7) is 6.16. The molecule has 0 aliphatic heterocycles. The van der Waals surface area contributed by atoms with Crippen LogP contribution in [0.25, 0.3) is 11.0 Å². The van der Waals surface area contributed by atoms with Crippen molar-refractivity contribution in [2.75, 3.05) is 0 Å². The van der Waals surface area contributed by atoms with Gasteiger partial charge in [-0.1, -0.05) is 19.1 Å². The summed E-state index contributed by atoms with van der Waals surface area (Å²) in [6.07, 6.45) is 0.444. The Morgan fingerprint density at radius 3 is 2.39 bits per heavy atom. The molecule has 0 aliphatic carbocycles. The Hall–Kier alpha value is -1.84. The molecule has 2 aromatic rings. The van der Waals surface area contributed by atoms with Gasteiger partial charge in [-0.25, -0.2) is 4.79 Å². The van der Waals surface area contributed by atoms with E-state index in [-0.39, 0.29) is 11.5 Å². The largest absolute Gasteiger partial charge is 0.329 e. The van der Waals surface area contributed by atoms with Crippen molar-refractivity contribution in [2.24, 2.45) is 0 Å². The van der Waals surface area contributed by atoms with E-state index in [1.807, 2.05) is 38.1 Å². The number of nitrogens with zero attached hydrogens (tertiary/aromatic N) is 2. The van der Waals surface area contributed by atoms with Crippen molar-refractivity contribution in [2.45, 2.75) is 39.8 Å². The Balaban J connectivity index is 2.75. The van der Waals surface area contributed by atoms with E-state index in [4.69, 9.17) is 0 Å². The highest BCUT2D eigenvalue weighted by atomic mass is 16.2. The van der Waals surface area contributed by atoms with Gasteiger partial charge in [0.05, 0.1) is 17.1 Å². The van der Waals surface area contributed by atoms with Crippen LogP contribution in [0.5, 0.6) is 0 Å². The third-order valence-electron chi connectivity index (χ3n) is 3.39. The van der Waals surface area contributed by atoms with Crippen molar-refractivity contribution in [3.63, 3.8) is 0 Å². The zero-order chi connectivity index (χ0) is 13.3. The van der Waals surface area contributed by atoms with Crippen LogP contribution in [-0.2, 0) is 11.3 Å². The summed E-state index contributed by atoms with van der Waals surface area (Å²) in [4.78, 5) is 24.2. The van der Waals surface area contributed by atoms with Gasteiger partial charge in [-0.15, -0.1) is 0 Å². The molecule has 0 bridgehead atoms. The standard InChI is InChI=1S/C14H18N2O2/c1-4-13(17)10(3)16-12-9-7-6-8-11(12)15(5-2)14(16)18/h6-10H,4-5H2,1-3H3. The normalized spacial score (nSPS) is 12.8. The van der Waals surface area contributed by atoms with Crippen LogP contribution in [-0.4, -0.2) is 14.9 Å². The maximum absolute atomic E-state index is 12.4. The fourth-order valence-corrected chi connectivity index (χ4v) is 2.35. The number of para-hydroxylation sites is 2. The van der Waals surface area contributed by atoms with Crippen molar-refractivity contribution in [1.29, 1.82) is 0 Å². The number of ketones is 1. The molecule has 0 aliphatic rings. The number of hydrogen-bond donors (Lipinski definition) is 0. The van der Waals surface area contributed by atoms with Gasteiger partial charge < -0.3 is 0 Å². The molecule has 0 saturated carbocycles. The Labute approximate surface area is 106 Å². The number of carbonyl (C=O) groups is 1. The number of imidazole rings is 1. The number of fused-ring (bicyclic) bond motifs is 1. The lowest BCUT2D eigenvalue weighted by molar-refractivity contribution is -0.121. The van der Waals surface area contributed by atoms with Gasteiger partial charge in [-0.2, -0.15) is 0 Å². The molecule has 96 valence electrons. The molecule has 4 heteroatoms. The number of carbonyl (C=O) groups excluding carboxylic acids is 1. The van der Waals surface area contributed by atoms with Gasteiger partial charge in [0.25, 0.3) is 0 Å². The first kappa shape index (κ1) is 12.6. The molecule has 0 fully saturated rings. The first-order chi connectivity index (χ1) is 8.61. The fraction of sp³-hybridized carbons (Fsp3) is 0.429. The third kappa shape index (κ3) is 1.78. The van der Waals surface area contributed by atoms with Gasteiger partial charge in [-0.05, 0) is 26.0 Å². The van der Waals surface area contributed by atoms with E-state index in [2.05, 4.69) is 0 Å². The second kappa shape index (κ2) is 4.80. The highest BCUT2D eigenvalue weighted by molar-refractivity contribution is 5.85. The van der Waals surface area contributed by atoms with Gasteiger partial charge in [0, 0.05) is 13.0 Å². The van der Waals surface area contributed by atoms with Gasteiger partial charge >= 0.3 is 5.69 Å². The Bertz CT molecular complexity index is 637. The maximum atomic E-state index is 12.4. The second-order valence-corrected chi connectivity index (χ2v) is 4.38. The molecule has 1 aromatic heterocycles. The molecular formula is C14H18N2O2. The lowest BCUT2D eigenvalue weighted by atomic mass is 10.1. The van der Waals surface area contributed by atoms with Crippen LogP contribution in [0.2, 0.25) is 0 Å². The number of rotatable bonds is 4. The number of hydrogen-bond acceptors (Lipinski definition) is 2. The van der Waals surface area contributed by atoms with E-state index in [9.17, 15) is 9.59 Å². The minimum absolute atomic E-state index is 0.0797. The number of aryl methyl sites for hydroxylation is 1. The first-order valence-corrected chi connectivity index (χ1v) is 6.34. The van der Waals surface area contributed by atoms with Crippen LogP contribution >= 0.6 is 0 Å². The van der Waals surface area contributed by atoms with Crippen LogP contribution in [0.3, 0.4) is 0 Å². The van der Waals surface area contributed by atoms with Crippen molar-refractivity contribution < 1.29 is 4.79 Å². The van der Waals surface area contributed by atoms with E-state index in [0.717, 1.165) is 11.0 Å². The Morgan fingerprint density at radius 2 is 1.83 bits per heavy atom. The average molecular weight is 246 g/mol. The zero-order valence-corrected chi connectivity index (χ0v) is 11.0. The molecule has 0 amide bonds. The van der Waals surface area contributed by atoms with Crippen molar-refractivity contribution >= 4 is 16.8 Å². The zero-order valence-electron chi connectivity index (χ0n) is 11.0. The predicted molar refractivity (Wildman–Crippen MR) is 71.9 cm³/mol. The number of benzene rings is 1. The summed E-state index contributed by atoms with van der Waals surface area (Å²) >= 11 is 0. The van der Waals surface area contributed by atoms with Crippen molar-refractivity contribution in [3.05, 3.63) is 34.7 Å². The molecule has 1 heterocycles. The van der Waals surface area contributed by atoms with Gasteiger partial charge in [-0.3, -0.25) is 13.9 Å². The number of aromatic nitrogens is 2. The molecule has 1 aromatic carbocycles. The molecule has 2 rings (SSSR count). The van der Waals surface area contributed by atoms with Crippen molar-refractivity contribution in [1.82, 2.24) is 9.13 Å². The van der Waals surface area contributed by atoms with E-state index in [1.165, 1.54) is 0 Å². The molecule has 1 unspecified atom stereocenters. The molecule has 18 heavy (non-hydrogen) atoms. The maximum Gasteiger partial charge on any atom is 0.329 e. The summed E-state index contributed by atoms with van der Waals surface area (Å²) in [5, 5.41) is 0. The fourth-order valence-electron chi connectivity index (χ4n) is 2.35. The number of Topliss-reactive ketones (excluding diaryl/α,β-unsaturated/α-hetero) is 1. The summed E-state index contributed by atoms with van der Waals surface area (Å²) in [5.41, 5.74) is 1.62. The van der Waals surface area contributed by atoms with Gasteiger partial charge in [0.15, 0.2) is 5.78 Å². The summed E-state index contributed by atoms with van der Waals surface area (Å²) < 4.78 is 3.30. The second-order valence-electron chi connectivity index (χ2n) is 4.38. The highest BCUT2D eigenvalue weighted by Crippen LogP contribution is 2.18. The van der Waals surface area contributed by atoms with E-state index >= 15 is 0 Å². The quantitative estimate of drug-likeness (QED) is 0.831. The molecule has 0 spiro atoms.